The third kappa shape index (κ3) is 5.51. The van der Waals surface area contributed by atoms with E-state index in [4.69, 9.17) is 4.74 Å². The highest BCUT2D eigenvalue weighted by Crippen LogP contribution is 2.19. The Balaban J connectivity index is 2.46. The number of ether oxygens (including phenoxy) is 1. The van der Waals surface area contributed by atoms with Gasteiger partial charge in [-0.3, -0.25) is 4.79 Å². The Hall–Kier alpha value is -1.07. The molecule has 0 aliphatic carbocycles. The van der Waals surface area contributed by atoms with Crippen molar-refractivity contribution in [1.29, 1.82) is 0 Å². The quantitative estimate of drug-likeness (QED) is 0.672. The molecule has 0 saturated carbocycles. The van der Waals surface area contributed by atoms with E-state index in [1.54, 1.807) is 25.3 Å². The first kappa shape index (κ1) is 15.0. The second-order valence-electron chi connectivity index (χ2n) is 4.98. The molecule has 1 rings (SSSR count). The van der Waals surface area contributed by atoms with Gasteiger partial charge in [0.1, 0.15) is 5.60 Å². The van der Waals surface area contributed by atoms with Crippen LogP contribution in [-0.4, -0.2) is 27.4 Å². The number of hydrogen-bond donors (Lipinski definition) is 1. The van der Waals surface area contributed by atoms with Crippen molar-refractivity contribution in [2.24, 2.45) is 0 Å². The van der Waals surface area contributed by atoms with Crippen LogP contribution in [-0.2, 0) is 9.53 Å². The fraction of sp³-hybridized carbons (Fsp3) is 0.538. The molecule has 0 aliphatic rings. The minimum absolute atomic E-state index is 0.234. The first-order chi connectivity index (χ1) is 8.28. The third-order valence-corrected chi connectivity index (χ3v) is 2.92. The zero-order valence-electron chi connectivity index (χ0n) is 11.1. The second kappa shape index (κ2) is 6.20. The molecule has 1 atom stereocenters. The molecule has 1 aromatic rings. The number of thioether (sulfide) groups is 1. The number of pyridine rings is 1. The lowest BCUT2D eigenvalue weighted by Gasteiger charge is -2.19. The van der Waals surface area contributed by atoms with Crippen LogP contribution in [0.3, 0.4) is 0 Å². The fourth-order valence-corrected chi connectivity index (χ4v) is 1.84. The van der Waals surface area contributed by atoms with Crippen LogP contribution in [0.1, 0.15) is 39.4 Å². The van der Waals surface area contributed by atoms with E-state index in [1.807, 2.05) is 20.8 Å². The first-order valence-electron chi connectivity index (χ1n) is 5.76. The number of esters is 1. The van der Waals surface area contributed by atoms with Crippen molar-refractivity contribution < 1.29 is 14.6 Å². The van der Waals surface area contributed by atoms with Gasteiger partial charge in [-0.15, -0.1) is 0 Å². The van der Waals surface area contributed by atoms with Crippen molar-refractivity contribution in [3.05, 3.63) is 23.9 Å². The van der Waals surface area contributed by atoms with E-state index in [2.05, 4.69) is 4.98 Å². The van der Waals surface area contributed by atoms with Crippen molar-refractivity contribution in [2.75, 3.05) is 5.75 Å². The average Bonchev–Trinajstić information content (AvgIpc) is 2.24. The van der Waals surface area contributed by atoms with Gasteiger partial charge in [-0.2, -0.15) is 0 Å². The van der Waals surface area contributed by atoms with Crippen molar-refractivity contribution in [3.8, 4) is 0 Å². The summed E-state index contributed by atoms with van der Waals surface area (Å²) in [5.41, 5.74) is 0.304. The van der Waals surface area contributed by atoms with Crippen molar-refractivity contribution >= 4 is 17.7 Å². The molecule has 1 unspecified atom stereocenters. The van der Waals surface area contributed by atoms with Crippen LogP contribution < -0.4 is 0 Å². The smallest absolute Gasteiger partial charge is 0.316 e. The summed E-state index contributed by atoms with van der Waals surface area (Å²) in [6, 6.07) is 3.59. The summed E-state index contributed by atoms with van der Waals surface area (Å²) in [5, 5.41) is 10.1. The lowest BCUT2D eigenvalue weighted by molar-refractivity contribution is -0.151. The van der Waals surface area contributed by atoms with Gasteiger partial charge in [0.2, 0.25) is 0 Å². The van der Waals surface area contributed by atoms with Gasteiger partial charge in [-0.1, -0.05) is 17.8 Å². The maximum Gasteiger partial charge on any atom is 0.316 e. The summed E-state index contributed by atoms with van der Waals surface area (Å²) in [7, 11) is 0. The van der Waals surface area contributed by atoms with E-state index in [1.165, 1.54) is 11.8 Å². The van der Waals surface area contributed by atoms with E-state index in [0.29, 0.717) is 0 Å². The molecule has 18 heavy (non-hydrogen) atoms. The largest absolute Gasteiger partial charge is 0.459 e. The molecule has 0 saturated heterocycles. The number of nitrogens with zero attached hydrogens (tertiary/aromatic N) is 1. The maximum absolute atomic E-state index is 11.5. The van der Waals surface area contributed by atoms with Crippen molar-refractivity contribution in [1.82, 2.24) is 4.98 Å². The van der Waals surface area contributed by atoms with Gasteiger partial charge in [-0.25, -0.2) is 4.98 Å². The highest BCUT2D eigenvalue weighted by Gasteiger charge is 2.16. The molecule has 0 radical (unpaired) electrons. The highest BCUT2D eigenvalue weighted by molar-refractivity contribution is 7.99. The molecule has 0 spiro atoms. The Morgan fingerprint density at radius 3 is 2.61 bits per heavy atom. The summed E-state index contributed by atoms with van der Waals surface area (Å²) in [6.07, 6.45) is 1.09. The maximum atomic E-state index is 11.5. The zero-order chi connectivity index (χ0) is 13.8. The topological polar surface area (TPSA) is 59.4 Å². The number of hydrogen-bond acceptors (Lipinski definition) is 5. The fourth-order valence-electron chi connectivity index (χ4n) is 1.23. The Morgan fingerprint density at radius 1 is 1.50 bits per heavy atom. The lowest BCUT2D eigenvalue weighted by Crippen LogP contribution is -2.24. The van der Waals surface area contributed by atoms with E-state index in [0.717, 1.165) is 10.6 Å². The monoisotopic (exact) mass is 269 g/mol. The number of rotatable bonds is 4. The first-order valence-corrected chi connectivity index (χ1v) is 6.75. The Bertz CT molecular complexity index is 396. The van der Waals surface area contributed by atoms with E-state index in [-0.39, 0.29) is 11.7 Å². The Kier molecular flexibility index (Phi) is 5.16. The Labute approximate surface area is 112 Å². The molecule has 1 aromatic heterocycles. The number of carbonyl (C=O) groups excluding carboxylic acids is 1. The van der Waals surface area contributed by atoms with Gasteiger partial charge in [0.15, 0.2) is 0 Å². The number of aliphatic hydroxyl groups is 1. The van der Waals surface area contributed by atoms with Crippen LogP contribution in [0.25, 0.3) is 0 Å². The van der Waals surface area contributed by atoms with Crippen LogP contribution in [0, 0.1) is 0 Å². The predicted octanol–water partition coefficient (Wildman–Crippen LogP) is 2.57. The van der Waals surface area contributed by atoms with Gasteiger partial charge in [0.05, 0.1) is 16.9 Å². The number of carbonyl (C=O) groups is 1. The molecule has 0 amide bonds. The molecule has 0 aliphatic heterocycles. The van der Waals surface area contributed by atoms with Crippen LogP contribution >= 0.6 is 11.8 Å². The summed E-state index contributed by atoms with van der Waals surface area (Å²) in [6.45, 7) is 7.20. The van der Waals surface area contributed by atoms with Gasteiger partial charge < -0.3 is 9.84 Å². The average molecular weight is 269 g/mol. The third-order valence-electron chi connectivity index (χ3n) is 2.00. The van der Waals surface area contributed by atoms with Crippen molar-refractivity contribution in [2.45, 2.75) is 44.4 Å². The van der Waals surface area contributed by atoms with Gasteiger partial charge >= 0.3 is 5.97 Å². The molecular formula is C13H19NO3S. The van der Waals surface area contributed by atoms with E-state index >= 15 is 0 Å². The van der Waals surface area contributed by atoms with Crippen LogP contribution in [0.4, 0.5) is 0 Å². The molecule has 5 heteroatoms. The normalized spacial score (nSPS) is 13.2. The molecule has 0 aromatic carbocycles. The minimum Gasteiger partial charge on any atom is -0.459 e. The molecular weight excluding hydrogens is 250 g/mol. The summed E-state index contributed by atoms with van der Waals surface area (Å²) >= 11 is 1.32. The number of aliphatic hydroxyl groups excluding tert-OH is 1. The minimum atomic E-state index is -0.526. The Morgan fingerprint density at radius 2 is 2.17 bits per heavy atom. The van der Waals surface area contributed by atoms with Gasteiger partial charge in [0.25, 0.3) is 0 Å². The standard InChI is InChI=1S/C13H19NO3S/c1-9(15)10-5-6-11(14-7-10)18-8-12(16)17-13(2,3)4/h5-7,9,15H,8H2,1-4H3. The summed E-state index contributed by atoms with van der Waals surface area (Å²) in [4.78, 5) is 15.7. The van der Waals surface area contributed by atoms with Crippen LogP contribution in [0.15, 0.2) is 23.4 Å². The molecule has 0 fully saturated rings. The molecule has 100 valence electrons. The number of aromatic nitrogens is 1. The molecule has 0 bridgehead atoms. The van der Waals surface area contributed by atoms with Gasteiger partial charge in [0, 0.05) is 6.20 Å². The molecule has 4 nitrogen and oxygen atoms in total. The van der Waals surface area contributed by atoms with E-state index < -0.39 is 11.7 Å². The summed E-state index contributed by atoms with van der Waals surface area (Å²) in [5.74, 6) is -0.0212. The highest BCUT2D eigenvalue weighted by atomic mass is 32.2. The van der Waals surface area contributed by atoms with Crippen LogP contribution in [0.2, 0.25) is 0 Å². The van der Waals surface area contributed by atoms with E-state index in [9.17, 15) is 9.90 Å². The predicted molar refractivity (Wildman–Crippen MR) is 71.4 cm³/mol. The SMILES string of the molecule is CC(O)c1ccc(SCC(=O)OC(C)(C)C)nc1. The van der Waals surface area contributed by atoms with Gasteiger partial charge in [-0.05, 0) is 39.3 Å². The molecule has 1 N–H and O–H groups in total. The lowest BCUT2D eigenvalue weighted by atomic mass is 10.2. The van der Waals surface area contributed by atoms with Crippen molar-refractivity contribution in [3.63, 3.8) is 0 Å². The summed E-state index contributed by atoms with van der Waals surface area (Å²) < 4.78 is 5.19. The second-order valence-corrected chi connectivity index (χ2v) is 5.98. The molecule has 1 heterocycles. The van der Waals surface area contributed by atoms with Crippen LogP contribution in [0.5, 0.6) is 0 Å². The zero-order valence-corrected chi connectivity index (χ0v) is 12.0.